The molecule has 2 aromatic carbocycles. The van der Waals surface area contributed by atoms with E-state index in [-0.39, 0.29) is 31.0 Å². The largest absolute Gasteiger partial charge is 0.496 e. The van der Waals surface area contributed by atoms with Crippen molar-refractivity contribution < 1.29 is 33.8 Å². The normalized spacial score (nSPS) is 13.5. The first-order valence-corrected chi connectivity index (χ1v) is 10.6. The molecule has 10 nitrogen and oxygen atoms in total. The summed E-state index contributed by atoms with van der Waals surface area (Å²) >= 11 is 0. The Morgan fingerprint density at radius 3 is 2.27 bits per heavy atom. The van der Waals surface area contributed by atoms with E-state index in [4.69, 9.17) is 14.6 Å². The van der Waals surface area contributed by atoms with Crippen LogP contribution in [0, 0.1) is 0 Å². The predicted molar refractivity (Wildman–Crippen MR) is 121 cm³/mol. The molecule has 1 saturated heterocycles. The minimum absolute atomic E-state index is 0.185. The van der Waals surface area contributed by atoms with Crippen molar-refractivity contribution in [2.75, 3.05) is 51.8 Å². The molecule has 10 heteroatoms. The number of ketones is 1. The number of benzene rings is 2. The highest BCUT2D eigenvalue weighted by molar-refractivity contribution is 6.15. The first-order chi connectivity index (χ1) is 15.8. The van der Waals surface area contributed by atoms with Crippen molar-refractivity contribution in [2.24, 2.45) is 0 Å². The van der Waals surface area contributed by atoms with Crippen molar-refractivity contribution in [3.63, 3.8) is 0 Å². The van der Waals surface area contributed by atoms with Crippen LogP contribution < -0.4 is 10.1 Å². The van der Waals surface area contributed by atoms with Crippen LogP contribution >= 0.6 is 0 Å². The molecule has 0 atom stereocenters. The lowest BCUT2D eigenvalue weighted by atomic mass is 9.98. The lowest BCUT2D eigenvalue weighted by Gasteiger charge is -2.34. The van der Waals surface area contributed by atoms with E-state index in [0.29, 0.717) is 48.4 Å². The van der Waals surface area contributed by atoms with Gasteiger partial charge in [-0.2, -0.15) is 0 Å². The number of anilines is 1. The Labute approximate surface area is 191 Å². The number of nitrogens with zero attached hydrogens (tertiary/aromatic N) is 2. The van der Waals surface area contributed by atoms with Crippen molar-refractivity contribution >= 4 is 40.2 Å². The Kier molecular flexibility index (Phi) is 7.70. The van der Waals surface area contributed by atoms with Crippen molar-refractivity contribution in [3.8, 4) is 5.75 Å². The van der Waals surface area contributed by atoms with Crippen molar-refractivity contribution in [2.45, 2.75) is 13.3 Å². The molecule has 176 valence electrons. The van der Waals surface area contributed by atoms with Crippen LogP contribution in [0.15, 0.2) is 30.3 Å². The van der Waals surface area contributed by atoms with Gasteiger partial charge in [-0.25, -0.2) is 4.79 Å². The van der Waals surface area contributed by atoms with E-state index in [0.717, 1.165) is 0 Å². The third-order valence-corrected chi connectivity index (χ3v) is 5.41. The van der Waals surface area contributed by atoms with Crippen LogP contribution in [0.2, 0.25) is 0 Å². The lowest BCUT2D eigenvalue weighted by molar-refractivity contribution is -0.135. The fourth-order valence-corrected chi connectivity index (χ4v) is 3.78. The van der Waals surface area contributed by atoms with Gasteiger partial charge in [0.15, 0.2) is 5.78 Å². The monoisotopic (exact) mass is 457 g/mol. The van der Waals surface area contributed by atoms with Gasteiger partial charge < -0.3 is 29.7 Å². The SMILES string of the molecule is CCOC(=O)N1CCN(C(=O)CC(=O)c2cc(OC)c3ccccc3c2NCC(=O)O)CC1. The number of methoxy groups -OCH3 is 1. The average Bonchev–Trinajstić information content (AvgIpc) is 2.82. The molecule has 3 rings (SSSR count). The molecule has 0 bridgehead atoms. The fraction of sp³-hybridized carbons (Fsp3) is 0.391. The summed E-state index contributed by atoms with van der Waals surface area (Å²) in [5.41, 5.74) is 0.532. The summed E-state index contributed by atoms with van der Waals surface area (Å²) in [6.07, 6.45) is -0.805. The summed E-state index contributed by atoms with van der Waals surface area (Å²) in [6, 6.07) is 8.68. The Bertz CT molecular complexity index is 1060. The third kappa shape index (κ3) is 5.51. The summed E-state index contributed by atoms with van der Waals surface area (Å²) in [7, 11) is 1.48. The molecule has 0 saturated carbocycles. The number of carboxylic acids is 1. The molecule has 2 N–H and O–H groups in total. The number of Topliss-reactive ketones (excluding diaryl/α,β-unsaturated/α-hetero) is 1. The van der Waals surface area contributed by atoms with Gasteiger partial charge in [-0.3, -0.25) is 14.4 Å². The molecule has 2 amide bonds. The molecule has 1 heterocycles. The smallest absolute Gasteiger partial charge is 0.409 e. The fourth-order valence-electron chi connectivity index (χ4n) is 3.78. The van der Waals surface area contributed by atoms with Gasteiger partial charge in [0.2, 0.25) is 5.91 Å². The molecule has 0 unspecified atom stereocenters. The maximum absolute atomic E-state index is 13.2. The predicted octanol–water partition coefficient (Wildman–Crippen LogP) is 2.22. The molecule has 0 spiro atoms. The number of hydrogen-bond acceptors (Lipinski definition) is 7. The van der Waals surface area contributed by atoms with Crippen LogP contribution in [0.4, 0.5) is 10.5 Å². The second-order valence-electron chi connectivity index (χ2n) is 7.46. The number of rotatable bonds is 8. The quantitative estimate of drug-likeness (QED) is 0.457. The zero-order valence-electron chi connectivity index (χ0n) is 18.6. The van der Waals surface area contributed by atoms with E-state index >= 15 is 0 Å². The second kappa shape index (κ2) is 10.7. The maximum atomic E-state index is 13.2. The minimum atomic E-state index is -1.08. The van der Waals surface area contributed by atoms with Crippen LogP contribution in [-0.2, 0) is 14.3 Å². The summed E-state index contributed by atoms with van der Waals surface area (Å²) in [4.78, 5) is 52.0. The standard InChI is InChI=1S/C23H27N3O7/c1-3-33-23(31)26-10-8-25(9-11-26)20(28)13-18(27)17-12-19(32-2)15-6-4-5-7-16(15)22(17)24-14-21(29)30/h4-7,12,24H,3,8-11,13-14H2,1-2H3,(H,29,30). The summed E-state index contributed by atoms with van der Waals surface area (Å²) in [6.45, 7) is 2.87. The number of hydrogen-bond donors (Lipinski definition) is 2. The van der Waals surface area contributed by atoms with Gasteiger partial charge in [0, 0.05) is 42.5 Å². The highest BCUT2D eigenvalue weighted by Crippen LogP contribution is 2.35. The van der Waals surface area contributed by atoms with E-state index in [1.807, 2.05) is 12.1 Å². The van der Waals surface area contributed by atoms with Gasteiger partial charge in [-0.15, -0.1) is 0 Å². The number of piperazine rings is 1. The maximum Gasteiger partial charge on any atom is 0.409 e. The Morgan fingerprint density at radius 1 is 1.03 bits per heavy atom. The minimum Gasteiger partial charge on any atom is -0.496 e. The van der Waals surface area contributed by atoms with Gasteiger partial charge in [0.1, 0.15) is 12.3 Å². The number of nitrogens with one attached hydrogen (secondary N) is 1. The molecule has 2 aromatic rings. The molecule has 1 aliphatic rings. The number of amides is 2. The molecular formula is C23H27N3O7. The van der Waals surface area contributed by atoms with Crippen molar-refractivity contribution in [3.05, 3.63) is 35.9 Å². The summed E-state index contributed by atoms with van der Waals surface area (Å²) in [5.74, 6) is -1.45. The zero-order valence-corrected chi connectivity index (χ0v) is 18.6. The third-order valence-electron chi connectivity index (χ3n) is 5.41. The summed E-state index contributed by atoms with van der Waals surface area (Å²) in [5, 5.41) is 13.3. The Morgan fingerprint density at radius 2 is 1.67 bits per heavy atom. The van der Waals surface area contributed by atoms with Crippen LogP contribution in [-0.4, -0.2) is 85.1 Å². The highest BCUT2D eigenvalue weighted by Gasteiger charge is 2.27. The Balaban J connectivity index is 1.80. The van der Waals surface area contributed by atoms with Gasteiger partial charge in [0.05, 0.1) is 25.8 Å². The van der Waals surface area contributed by atoms with E-state index in [1.54, 1.807) is 19.1 Å². The van der Waals surface area contributed by atoms with Gasteiger partial charge in [0.25, 0.3) is 0 Å². The van der Waals surface area contributed by atoms with E-state index < -0.39 is 17.8 Å². The first-order valence-electron chi connectivity index (χ1n) is 10.6. The summed E-state index contributed by atoms with van der Waals surface area (Å²) < 4.78 is 10.4. The Hall–Kier alpha value is -3.82. The molecule has 1 fully saturated rings. The number of carboxylic acid groups (broad SMARTS) is 1. The molecular weight excluding hydrogens is 430 g/mol. The molecule has 33 heavy (non-hydrogen) atoms. The number of aliphatic carboxylic acids is 1. The van der Waals surface area contributed by atoms with E-state index in [9.17, 15) is 19.2 Å². The van der Waals surface area contributed by atoms with Crippen LogP contribution in [0.25, 0.3) is 10.8 Å². The van der Waals surface area contributed by atoms with E-state index in [2.05, 4.69) is 5.32 Å². The van der Waals surface area contributed by atoms with E-state index in [1.165, 1.54) is 23.0 Å². The number of carbonyl (C=O) groups excluding carboxylic acids is 3. The average molecular weight is 457 g/mol. The van der Waals surface area contributed by atoms with Crippen molar-refractivity contribution in [1.29, 1.82) is 0 Å². The lowest BCUT2D eigenvalue weighted by Crippen LogP contribution is -2.51. The van der Waals surface area contributed by atoms with Gasteiger partial charge in [-0.1, -0.05) is 24.3 Å². The van der Waals surface area contributed by atoms with Gasteiger partial charge >= 0.3 is 12.1 Å². The topological polar surface area (TPSA) is 125 Å². The van der Waals surface area contributed by atoms with Crippen LogP contribution in [0.5, 0.6) is 5.75 Å². The molecule has 0 radical (unpaired) electrons. The molecule has 1 aliphatic heterocycles. The number of fused-ring (bicyclic) bond motifs is 1. The van der Waals surface area contributed by atoms with Crippen LogP contribution in [0.3, 0.4) is 0 Å². The van der Waals surface area contributed by atoms with Crippen molar-refractivity contribution in [1.82, 2.24) is 9.80 Å². The second-order valence-corrected chi connectivity index (χ2v) is 7.46. The first kappa shape index (κ1) is 23.8. The highest BCUT2D eigenvalue weighted by atomic mass is 16.6. The molecule has 0 aromatic heterocycles. The number of carbonyl (C=O) groups is 4. The number of ether oxygens (including phenoxy) is 2. The zero-order chi connectivity index (χ0) is 24.0. The van der Waals surface area contributed by atoms with Gasteiger partial charge in [-0.05, 0) is 13.0 Å². The molecule has 0 aliphatic carbocycles. The van der Waals surface area contributed by atoms with Crippen LogP contribution in [0.1, 0.15) is 23.7 Å².